The first-order valence-electron chi connectivity index (χ1n) is 9.53. The van der Waals surface area contributed by atoms with Gasteiger partial charge >= 0.3 is 6.18 Å². The quantitative estimate of drug-likeness (QED) is 0.296. The molecule has 3 rings (SSSR count). The number of nitrogens with one attached hydrogen (secondary N) is 2. The number of carbonyl (C=O) groups is 1. The molecule has 0 aliphatic carbocycles. The number of anilines is 1. The number of thiazole rings is 1. The Labute approximate surface area is 189 Å². The van der Waals surface area contributed by atoms with Crippen LogP contribution in [-0.2, 0) is 0 Å². The van der Waals surface area contributed by atoms with Crippen LogP contribution in [-0.4, -0.2) is 60.5 Å². The zero-order chi connectivity index (χ0) is 24.3. The smallest absolute Gasteiger partial charge is 0.403 e. The van der Waals surface area contributed by atoms with Crippen molar-refractivity contribution in [2.45, 2.75) is 12.2 Å². The summed E-state index contributed by atoms with van der Waals surface area (Å²) in [5, 5.41) is 4.54. The number of aromatic nitrogens is 1. The lowest BCUT2D eigenvalue weighted by atomic mass is 10.2. The zero-order valence-electron chi connectivity index (χ0n) is 17.2. The van der Waals surface area contributed by atoms with Gasteiger partial charge in [0.25, 0.3) is 5.91 Å². The molecule has 1 aliphatic heterocycles. The van der Waals surface area contributed by atoms with Crippen LogP contribution < -0.4 is 22.1 Å². The van der Waals surface area contributed by atoms with E-state index in [2.05, 4.69) is 20.6 Å². The maximum absolute atomic E-state index is 14.1. The molecule has 1 fully saturated rings. The minimum absolute atomic E-state index is 0.0239. The van der Waals surface area contributed by atoms with Gasteiger partial charge in [-0.25, -0.2) is 13.8 Å². The van der Waals surface area contributed by atoms with Gasteiger partial charge < -0.3 is 27.0 Å². The van der Waals surface area contributed by atoms with Crippen molar-refractivity contribution in [2.24, 2.45) is 10.7 Å². The minimum Gasteiger partial charge on any atom is -0.403 e. The second-order valence-electron chi connectivity index (χ2n) is 6.90. The van der Waals surface area contributed by atoms with Crippen molar-refractivity contribution in [3.63, 3.8) is 0 Å². The molecule has 178 valence electrons. The predicted molar refractivity (Wildman–Crippen MR) is 114 cm³/mol. The summed E-state index contributed by atoms with van der Waals surface area (Å²) in [5.74, 6) is -2.60. The van der Waals surface area contributed by atoms with Gasteiger partial charge in [0, 0.05) is 32.9 Å². The molecule has 0 bridgehead atoms. The highest BCUT2D eigenvalue weighted by atomic mass is 32.1. The molecule has 0 radical (unpaired) electrons. The Morgan fingerprint density at radius 1 is 1.36 bits per heavy atom. The molecule has 1 aliphatic rings. The van der Waals surface area contributed by atoms with Gasteiger partial charge in [-0.05, 0) is 12.1 Å². The number of hydrogen-bond acceptors (Lipinski definition) is 7. The van der Waals surface area contributed by atoms with Gasteiger partial charge in [0.15, 0.2) is 5.69 Å². The Morgan fingerprint density at radius 3 is 2.61 bits per heavy atom. The van der Waals surface area contributed by atoms with Crippen molar-refractivity contribution in [3.05, 3.63) is 47.4 Å². The zero-order valence-corrected chi connectivity index (χ0v) is 18.0. The molecule has 1 saturated heterocycles. The highest BCUT2D eigenvalue weighted by Gasteiger charge is 2.42. The number of alkyl halides is 3. The van der Waals surface area contributed by atoms with Crippen LogP contribution in [0.4, 0.5) is 27.0 Å². The molecular formula is C19H20F5N7OS. The van der Waals surface area contributed by atoms with E-state index in [0.29, 0.717) is 11.3 Å². The van der Waals surface area contributed by atoms with Crippen molar-refractivity contribution in [1.82, 2.24) is 20.5 Å². The molecule has 1 atom stereocenters. The van der Waals surface area contributed by atoms with E-state index in [0.717, 1.165) is 18.3 Å². The third-order valence-corrected chi connectivity index (χ3v) is 5.68. The van der Waals surface area contributed by atoms with Crippen LogP contribution in [0.3, 0.4) is 0 Å². The summed E-state index contributed by atoms with van der Waals surface area (Å²) in [5.41, 5.74) is 10.6. The number of carbonyl (C=O) groups excluding carboxylic acids is 1. The van der Waals surface area contributed by atoms with Gasteiger partial charge in [-0.15, -0.1) is 0 Å². The van der Waals surface area contributed by atoms with Crippen molar-refractivity contribution in [3.8, 4) is 10.6 Å². The number of halogens is 5. The third-order valence-electron chi connectivity index (χ3n) is 4.78. The molecule has 2 heterocycles. The molecule has 1 aromatic heterocycles. The first-order valence-corrected chi connectivity index (χ1v) is 10.3. The Hall–Kier alpha value is -3.26. The van der Waals surface area contributed by atoms with Crippen molar-refractivity contribution in [2.75, 3.05) is 32.4 Å². The maximum atomic E-state index is 14.1. The van der Waals surface area contributed by atoms with Crippen LogP contribution in [0.1, 0.15) is 10.5 Å². The largest absolute Gasteiger partial charge is 0.405 e. The number of rotatable bonds is 4. The number of nitrogen functional groups attached to an aromatic ring is 1. The first kappa shape index (κ1) is 24.4. The monoisotopic (exact) mass is 489 g/mol. The van der Waals surface area contributed by atoms with E-state index in [1.807, 2.05) is 0 Å². The summed E-state index contributed by atoms with van der Waals surface area (Å²) >= 11 is 0.705. The van der Waals surface area contributed by atoms with Crippen LogP contribution in [0.15, 0.2) is 35.1 Å². The van der Waals surface area contributed by atoms with Crippen LogP contribution in [0, 0.1) is 11.6 Å². The van der Waals surface area contributed by atoms with Crippen LogP contribution in [0.25, 0.3) is 10.6 Å². The van der Waals surface area contributed by atoms with E-state index in [1.54, 1.807) is 0 Å². The lowest BCUT2D eigenvalue weighted by Crippen LogP contribution is -2.59. The van der Waals surface area contributed by atoms with E-state index < -0.39 is 41.9 Å². The highest BCUT2D eigenvalue weighted by Crippen LogP contribution is 2.33. The Bertz CT molecular complexity index is 1080. The molecular weight excluding hydrogens is 469 g/mol. The minimum atomic E-state index is -4.47. The van der Waals surface area contributed by atoms with E-state index in [1.165, 1.54) is 18.0 Å². The molecule has 1 aromatic carbocycles. The van der Waals surface area contributed by atoms with Crippen molar-refractivity contribution in [1.29, 1.82) is 0 Å². The summed E-state index contributed by atoms with van der Waals surface area (Å²) in [4.78, 5) is 22.0. The Balaban J connectivity index is 1.82. The van der Waals surface area contributed by atoms with Gasteiger partial charge in [0.1, 0.15) is 33.5 Å². The van der Waals surface area contributed by atoms with Crippen LogP contribution >= 0.6 is 11.3 Å². The summed E-state index contributed by atoms with van der Waals surface area (Å²) in [7, 11) is 1.34. The summed E-state index contributed by atoms with van der Waals surface area (Å²) in [6.07, 6.45) is -3.49. The Morgan fingerprint density at radius 2 is 2.03 bits per heavy atom. The lowest BCUT2D eigenvalue weighted by molar-refractivity contribution is -0.161. The second-order valence-corrected chi connectivity index (χ2v) is 7.94. The number of piperazine rings is 1. The third kappa shape index (κ3) is 5.22. The number of aliphatic imine (C=N–C) groups is 1. The number of amides is 1. The van der Waals surface area contributed by atoms with E-state index >= 15 is 0 Å². The van der Waals surface area contributed by atoms with E-state index in [4.69, 9.17) is 11.5 Å². The van der Waals surface area contributed by atoms with Crippen LogP contribution in [0.5, 0.6) is 0 Å². The topological polar surface area (TPSA) is 122 Å². The number of amidine groups is 1. The maximum Gasteiger partial charge on any atom is 0.405 e. The fraction of sp³-hybridized carbons (Fsp3) is 0.316. The molecule has 0 spiro atoms. The Kier molecular flexibility index (Phi) is 7.17. The van der Waals surface area contributed by atoms with Gasteiger partial charge in [0.2, 0.25) is 0 Å². The molecule has 0 saturated carbocycles. The lowest BCUT2D eigenvalue weighted by Gasteiger charge is -2.36. The molecule has 1 amide bonds. The molecule has 14 heteroatoms. The van der Waals surface area contributed by atoms with E-state index in [9.17, 15) is 26.7 Å². The molecule has 6 N–H and O–H groups in total. The van der Waals surface area contributed by atoms with Gasteiger partial charge in [-0.3, -0.25) is 9.79 Å². The first-order chi connectivity index (χ1) is 15.6. The number of benzene rings is 1. The summed E-state index contributed by atoms with van der Waals surface area (Å²) in [6.45, 7) is -0.230. The van der Waals surface area contributed by atoms with Crippen molar-refractivity contribution < 1.29 is 26.7 Å². The highest BCUT2D eigenvalue weighted by molar-refractivity contribution is 7.19. The molecule has 2 aromatic rings. The molecule has 0 unspecified atom stereocenters. The standard InChI is InChI=1S/C19H20F5N7OS/c1-27-16(31-6-5-28-12(8-31)19(22,23)24)11(7-25)29-17(32)14-15(26)33-18(30-14)13-9(20)3-2-4-10(13)21/h2-4,7,12,28H,5-6,8,25-26H2,1H3,(H,29,32)/b11-7+,27-16?/t12-/m1/s1. The van der Waals surface area contributed by atoms with Gasteiger partial charge in [0.05, 0.1) is 11.3 Å². The summed E-state index contributed by atoms with van der Waals surface area (Å²) < 4.78 is 67.5. The predicted octanol–water partition coefficient (Wildman–Crippen LogP) is 2.06. The van der Waals surface area contributed by atoms with Crippen molar-refractivity contribution >= 4 is 28.1 Å². The summed E-state index contributed by atoms with van der Waals surface area (Å²) in [6, 6.07) is 1.47. The normalized spacial score (nSPS) is 17.9. The average Bonchev–Trinajstić information content (AvgIpc) is 3.14. The molecule has 8 nitrogen and oxygen atoms in total. The van der Waals surface area contributed by atoms with Gasteiger partial charge in [-0.2, -0.15) is 13.2 Å². The average molecular weight is 489 g/mol. The fourth-order valence-corrected chi connectivity index (χ4v) is 4.13. The molecule has 33 heavy (non-hydrogen) atoms. The number of nitrogens with two attached hydrogens (primary N) is 2. The van der Waals surface area contributed by atoms with Gasteiger partial charge in [-0.1, -0.05) is 17.4 Å². The number of nitrogens with zero attached hydrogens (tertiary/aromatic N) is 3. The fourth-order valence-electron chi connectivity index (χ4n) is 3.25. The van der Waals surface area contributed by atoms with Crippen LogP contribution in [0.2, 0.25) is 0 Å². The number of hydrogen-bond donors (Lipinski definition) is 4. The van der Waals surface area contributed by atoms with E-state index in [-0.39, 0.29) is 40.3 Å². The second kappa shape index (κ2) is 9.70. The SMILES string of the molecule is CN=C(/C(=C\N)NC(=O)c1nc(-c2c(F)cccc2F)sc1N)N1CCN[C@@H](C(F)(F)F)C1.